The van der Waals surface area contributed by atoms with Gasteiger partial charge in [-0.25, -0.2) is 5.01 Å². The Hall–Kier alpha value is -0.160. The van der Waals surface area contributed by atoms with Gasteiger partial charge in [0.1, 0.15) is 0 Å². The Kier molecular flexibility index (Phi) is 3.67. The van der Waals surface area contributed by atoms with Gasteiger partial charge in [-0.2, -0.15) is 0 Å². The minimum atomic E-state index is 0.748. The minimum absolute atomic E-state index is 0.748. The third-order valence-corrected chi connectivity index (χ3v) is 1.52. The van der Waals surface area contributed by atoms with Crippen molar-refractivity contribution in [2.24, 2.45) is 5.84 Å². The number of hydrogen-bond donors (Lipinski definition) is 2. The summed E-state index contributed by atoms with van der Waals surface area (Å²) in [6.07, 6.45) is 0. The van der Waals surface area contributed by atoms with E-state index in [4.69, 9.17) is 10.6 Å². The Balaban J connectivity index is 2.15. The highest BCUT2D eigenvalue weighted by Crippen LogP contribution is 1.82. The van der Waals surface area contributed by atoms with Gasteiger partial charge in [-0.1, -0.05) is 0 Å². The molecule has 0 radical (unpaired) electrons. The van der Waals surface area contributed by atoms with Crippen LogP contribution >= 0.6 is 0 Å². The lowest BCUT2D eigenvalue weighted by Gasteiger charge is -2.13. The number of nitrogens with zero attached hydrogens (tertiary/aromatic N) is 1. The van der Waals surface area contributed by atoms with Gasteiger partial charge in [-0.05, 0) is 0 Å². The summed E-state index contributed by atoms with van der Waals surface area (Å²) >= 11 is 0. The zero-order chi connectivity index (χ0) is 7.23. The molecule has 0 amide bonds. The summed E-state index contributed by atoms with van der Waals surface area (Å²) in [6, 6.07) is 0. The van der Waals surface area contributed by atoms with Crippen molar-refractivity contribution in [1.29, 1.82) is 0 Å². The lowest BCUT2D eigenvalue weighted by Crippen LogP contribution is -2.38. The Bertz CT molecular complexity index is 79.1. The normalized spacial score (nSPS) is 24.9. The first kappa shape index (κ1) is 7.94. The summed E-state index contributed by atoms with van der Waals surface area (Å²) in [5.74, 6) is 5.59. The van der Waals surface area contributed by atoms with E-state index in [1.54, 1.807) is 5.01 Å². The standard InChI is InChI=1S/C6H15N3O/c7-9-3-1-8-2-5-10-6-4-9/h8H,1-7H2. The zero-order valence-electron chi connectivity index (χ0n) is 6.18. The maximum Gasteiger partial charge on any atom is 0.0608 e. The molecule has 10 heavy (non-hydrogen) atoms. The Morgan fingerprint density at radius 2 is 2.10 bits per heavy atom. The average Bonchev–Trinajstić information content (AvgIpc) is 2.02. The largest absolute Gasteiger partial charge is 0.379 e. The van der Waals surface area contributed by atoms with Crippen LogP contribution in [0.4, 0.5) is 0 Å². The molecule has 1 aliphatic rings. The molecule has 1 fully saturated rings. The topological polar surface area (TPSA) is 50.5 Å². The highest BCUT2D eigenvalue weighted by atomic mass is 16.5. The molecule has 1 heterocycles. The maximum atomic E-state index is 5.59. The Morgan fingerprint density at radius 1 is 1.20 bits per heavy atom. The SMILES string of the molecule is NN1CCNCCOCC1. The second kappa shape index (κ2) is 4.62. The van der Waals surface area contributed by atoms with E-state index in [-0.39, 0.29) is 0 Å². The molecule has 1 aliphatic heterocycles. The zero-order valence-corrected chi connectivity index (χ0v) is 6.18. The minimum Gasteiger partial charge on any atom is -0.379 e. The molecule has 60 valence electrons. The molecule has 0 unspecified atom stereocenters. The molecule has 0 spiro atoms. The van der Waals surface area contributed by atoms with Crippen LogP contribution in [-0.2, 0) is 4.74 Å². The third-order valence-electron chi connectivity index (χ3n) is 1.52. The van der Waals surface area contributed by atoms with E-state index in [9.17, 15) is 0 Å². The number of ether oxygens (including phenoxy) is 1. The van der Waals surface area contributed by atoms with E-state index in [0.29, 0.717) is 0 Å². The van der Waals surface area contributed by atoms with Crippen molar-refractivity contribution < 1.29 is 4.74 Å². The molecule has 1 rings (SSSR count). The smallest absolute Gasteiger partial charge is 0.0608 e. The summed E-state index contributed by atoms with van der Waals surface area (Å²) in [5, 5.41) is 4.99. The lowest BCUT2D eigenvalue weighted by atomic mass is 10.5. The van der Waals surface area contributed by atoms with Crippen molar-refractivity contribution >= 4 is 0 Å². The molecule has 0 saturated carbocycles. The van der Waals surface area contributed by atoms with Gasteiger partial charge in [0, 0.05) is 26.2 Å². The number of rotatable bonds is 0. The van der Waals surface area contributed by atoms with Crippen LogP contribution in [0, 0.1) is 0 Å². The summed E-state index contributed by atoms with van der Waals surface area (Å²) < 4.78 is 5.24. The molecule has 4 nitrogen and oxygen atoms in total. The fraction of sp³-hybridized carbons (Fsp3) is 1.00. The Morgan fingerprint density at radius 3 is 3.00 bits per heavy atom. The molecule has 0 aromatic carbocycles. The van der Waals surface area contributed by atoms with Crippen LogP contribution in [0.25, 0.3) is 0 Å². The van der Waals surface area contributed by atoms with Crippen LogP contribution in [-0.4, -0.2) is 44.4 Å². The number of hydrazine groups is 1. The summed E-state index contributed by atoms with van der Waals surface area (Å²) in [6.45, 7) is 5.19. The molecular weight excluding hydrogens is 130 g/mol. The van der Waals surface area contributed by atoms with Crippen LogP contribution in [0.1, 0.15) is 0 Å². The van der Waals surface area contributed by atoms with E-state index in [1.165, 1.54) is 0 Å². The predicted molar refractivity (Wildman–Crippen MR) is 39.4 cm³/mol. The van der Waals surface area contributed by atoms with Gasteiger partial charge in [0.05, 0.1) is 13.2 Å². The molecule has 3 N–H and O–H groups in total. The van der Waals surface area contributed by atoms with E-state index >= 15 is 0 Å². The highest BCUT2D eigenvalue weighted by Gasteiger charge is 2.00. The first-order valence-electron chi connectivity index (χ1n) is 3.68. The number of nitrogens with two attached hydrogens (primary N) is 1. The van der Waals surface area contributed by atoms with E-state index < -0.39 is 0 Å². The van der Waals surface area contributed by atoms with Crippen LogP contribution in [0.5, 0.6) is 0 Å². The van der Waals surface area contributed by atoms with Gasteiger partial charge in [-0.15, -0.1) is 0 Å². The fourth-order valence-corrected chi connectivity index (χ4v) is 0.888. The molecule has 1 saturated heterocycles. The molecule has 0 bridgehead atoms. The summed E-state index contributed by atoms with van der Waals surface area (Å²) in [4.78, 5) is 0. The molecule has 0 aromatic rings. The van der Waals surface area contributed by atoms with Gasteiger partial charge >= 0.3 is 0 Å². The third kappa shape index (κ3) is 3.12. The van der Waals surface area contributed by atoms with Gasteiger partial charge < -0.3 is 10.1 Å². The Labute approximate surface area is 61.3 Å². The lowest BCUT2D eigenvalue weighted by molar-refractivity contribution is 0.116. The van der Waals surface area contributed by atoms with Crippen LogP contribution in [0.15, 0.2) is 0 Å². The summed E-state index contributed by atoms with van der Waals surface area (Å²) in [7, 11) is 0. The van der Waals surface area contributed by atoms with Crippen molar-refractivity contribution in [1.82, 2.24) is 10.3 Å². The molecule has 0 aromatic heterocycles. The second-order valence-electron chi connectivity index (χ2n) is 2.40. The monoisotopic (exact) mass is 145 g/mol. The van der Waals surface area contributed by atoms with Crippen LogP contribution in [0.3, 0.4) is 0 Å². The number of nitrogens with one attached hydrogen (secondary N) is 1. The molecule has 4 heteroatoms. The second-order valence-corrected chi connectivity index (χ2v) is 2.40. The van der Waals surface area contributed by atoms with Crippen molar-refractivity contribution in [3.05, 3.63) is 0 Å². The van der Waals surface area contributed by atoms with Crippen LogP contribution < -0.4 is 11.2 Å². The van der Waals surface area contributed by atoms with Gasteiger partial charge in [-0.3, -0.25) is 5.84 Å². The first-order valence-corrected chi connectivity index (χ1v) is 3.68. The van der Waals surface area contributed by atoms with Gasteiger partial charge in [0.25, 0.3) is 0 Å². The van der Waals surface area contributed by atoms with Crippen molar-refractivity contribution in [2.45, 2.75) is 0 Å². The van der Waals surface area contributed by atoms with E-state index in [1.807, 2.05) is 0 Å². The van der Waals surface area contributed by atoms with E-state index in [0.717, 1.165) is 39.4 Å². The quantitative estimate of drug-likeness (QED) is 0.420. The van der Waals surface area contributed by atoms with Crippen molar-refractivity contribution in [3.8, 4) is 0 Å². The highest BCUT2D eigenvalue weighted by molar-refractivity contribution is 4.55. The van der Waals surface area contributed by atoms with Gasteiger partial charge in [0.2, 0.25) is 0 Å². The fourth-order valence-electron chi connectivity index (χ4n) is 0.888. The number of hydrogen-bond acceptors (Lipinski definition) is 4. The predicted octanol–water partition coefficient (Wildman–Crippen LogP) is -1.22. The molecule has 0 atom stereocenters. The van der Waals surface area contributed by atoms with Gasteiger partial charge in [0.15, 0.2) is 0 Å². The summed E-state index contributed by atoms with van der Waals surface area (Å²) in [5.41, 5.74) is 0. The molecule has 0 aliphatic carbocycles. The van der Waals surface area contributed by atoms with E-state index in [2.05, 4.69) is 5.32 Å². The van der Waals surface area contributed by atoms with Crippen molar-refractivity contribution in [2.75, 3.05) is 39.4 Å². The molecular formula is C6H15N3O. The maximum absolute atomic E-state index is 5.59. The van der Waals surface area contributed by atoms with Crippen molar-refractivity contribution in [3.63, 3.8) is 0 Å². The average molecular weight is 145 g/mol. The van der Waals surface area contributed by atoms with Crippen LogP contribution in [0.2, 0.25) is 0 Å². The first-order chi connectivity index (χ1) is 4.89.